The first-order valence-corrected chi connectivity index (χ1v) is 9.20. The van der Waals surface area contributed by atoms with Crippen molar-refractivity contribution < 1.29 is 28.2 Å². The number of furan rings is 1. The minimum absolute atomic E-state index is 0.293. The van der Waals surface area contributed by atoms with E-state index in [0.29, 0.717) is 39.8 Å². The number of hydrogen-bond donors (Lipinski definition) is 1. The summed E-state index contributed by atoms with van der Waals surface area (Å²) in [5, 5.41) is 4.76. The van der Waals surface area contributed by atoms with Gasteiger partial charge in [0.05, 0.1) is 39.7 Å². The Morgan fingerprint density at radius 1 is 0.733 bits per heavy atom. The van der Waals surface area contributed by atoms with Crippen molar-refractivity contribution in [3.8, 4) is 23.0 Å². The molecule has 0 saturated heterocycles. The van der Waals surface area contributed by atoms with Crippen LogP contribution < -0.4 is 24.3 Å². The Morgan fingerprint density at radius 3 is 2.10 bits per heavy atom. The van der Waals surface area contributed by atoms with Crippen LogP contribution in [0, 0.1) is 0 Å². The van der Waals surface area contributed by atoms with Gasteiger partial charge in [0, 0.05) is 29.0 Å². The molecule has 1 amide bonds. The van der Waals surface area contributed by atoms with E-state index < -0.39 is 0 Å². The van der Waals surface area contributed by atoms with Gasteiger partial charge >= 0.3 is 0 Å². The summed E-state index contributed by atoms with van der Waals surface area (Å²) in [5.41, 5.74) is 2.18. The Balaban J connectivity index is 1.76. The van der Waals surface area contributed by atoms with Gasteiger partial charge in [-0.3, -0.25) is 4.79 Å². The van der Waals surface area contributed by atoms with Gasteiger partial charge in [0.1, 0.15) is 22.7 Å². The summed E-state index contributed by atoms with van der Waals surface area (Å²) in [6, 6.07) is 14.5. The summed E-state index contributed by atoms with van der Waals surface area (Å²) >= 11 is 0. The Kier molecular flexibility index (Phi) is 5.10. The highest BCUT2D eigenvalue weighted by atomic mass is 16.5. The Morgan fingerprint density at radius 2 is 1.40 bits per heavy atom. The molecule has 3 aromatic carbocycles. The predicted molar refractivity (Wildman–Crippen MR) is 114 cm³/mol. The molecular formula is C23H21NO6. The van der Waals surface area contributed by atoms with E-state index >= 15 is 0 Å². The molecule has 0 saturated carbocycles. The molecule has 0 aliphatic rings. The van der Waals surface area contributed by atoms with Gasteiger partial charge in [-0.1, -0.05) is 18.2 Å². The lowest BCUT2D eigenvalue weighted by Gasteiger charge is -2.15. The SMILES string of the molecule is COc1cc2c(cc1NC(=O)c1cc(OC)c(OC)cc1OC)oc1ccccc12. The molecule has 4 rings (SSSR count). The number of nitrogens with one attached hydrogen (secondary N) is 1. The number of rotatable bonds is 6. The zero-order valence-corrected chi connectivity index (χ0v) is 17.1. The van der Waals surface area contributed by atoms with Crippen LogP contribution in [0.5, 0.6) is 23.0 Å². The maximum Gasteiger partial charge on any atom is 0.259 e. The summed E-state index contributed by atoms with van der Waals surface area (Å²) in [7, 11) is 6.06. The summed E-state index contributed by atoms with van der Waals surface area (Å²) in [6.45, 7) is 0. The molecule has 30 heavy (non-hydrogen) atoms. The van der Waals surface area contributed by atoms with Crippen molar-refractivity contribution in [3.05, 3.63) is 54.1 Å². The van der Waals surface area contributed by atoms with E-state index in [-0.39, 0.29) is 5.91 Å². The van der Waals surface area contributed by atoms with E-state index in [9.17, 15) is 4.79 Å². The fraction of sp³-hybridized carbons (Fsp3) is 0.174. The second-order valence-corrected chi connectivity index (χ2v) is 6.51. The molecule has 0 aliphatic heterocycles. The minimum atomic E-state index is -0.387. The van der Waals surface area contributed by atoms with Crippen LogP contribution in [0.2, 0.25) is 0 Å². The molecular weight excluding hydrogens is 386 g/mol. The van der Waals surface area contributed by atoms with Crippen molar-refractivity contribution in [1.82, 2.24) is 0 Å². The number of hydrogen-bond acceptors (Lipinski definition) is 6. The zero-order chi connectivity index (χ0) is 21.3. The number of methoxy groups -OCH3 is 4. The van der Waals surface area contributed by atoms with Gasteiger partial charge < -0.3 is 28.7 Å². The molecule has 7 heteroatoms. The van der Waals surface area contributed by atoms with E-state index in [0.717, 1.165) is 16.4 Å². The van der Waals surface area contributed by atoms with Crippen molar-refractivity contribution in [2.24, 2.45) is 0 Å². The van der Waals surface area contributed by atoms with Gasteiger partial charge in [0.15, 0.2) is 11.5 Å². The number of anilines is 1. The van der Waals surface area contributed by atoms with Crippen LogP contribution >= 0.6 is 0 Å². The van der Waals surface area contributed by atoms with Gasteiger partial charge in [-0.05, 0) is 12.1 Å². The van der Waals surface area contributed by atoms with Crippen LogP contribution in [0.3, 0.4) is 0 Å². The Bertz CT molecular complexity index is 1240. The summed E-state index contributed by atoms with van der Waals surface area (Å²) < 4.78 is 27.4. The third-order valence-electron chi connectivity index (χ3n) is 4.90. The van der Waals surface area contributed by atoms with E-state index in [2.05, 4.69) is 5.32 Å². The number of fused-ring (bicyclic) bond motifs is 3. The van der Waals surface area contributed by atoms with E-state index in [4.69, 9.17) is 23.4 Å². The summed E-state index contributed by atoms with van der Waals surface area (Å²) in [5.74, 6) is 1.37. The van der Waals surface area contributed by atoms with Crippen LogP contribution in [0.4, 0.5) is 5.69 Å². The molecule has 0 bridgehead atoms. The van der Waals surface area contributed by atoms with E-state index in [1.165, 1.54) is 21.3 Å². The average molecular weight is 407 g/mol. The Hall–Kier alpha value is -3.87. The highest BCUT2D eigenvalue weighted by Crippen LogP contribution is 2.38. The highest BCUT2D eigenvalue weighted by molar-refractivity contribution is 6.11. The topological polar surface area (TPSA) is 79.2 Å². The number of carbonyl (C=O) groups excluding carboxylic acids is 1. The number of ether oxygens (including phenoxy) is 4. The molecule has 0 aliphatic carbocycles. The lowest BCUT2D eigenvalue weighted by atomic mass is 10.1. The second-order valence-electron chi connectivity index (χ2n) is 6.51. The molecule has 0 radical (unpaired) electrons. The highest BCUT2D eigenvalue weighted by Gasteiger charge is 2.20. The van der Waals surface area contributed by atoms with E-state index in [1.807, 2.05) is 30.3 Å². The normalized spacial score (nSPS) is 10.8. The maximum absolute atomic E-state index is 13.1. The quantitative estimate of drug-likeness (QED) is 0.491. The van der Waals surface area contributed by atoms with Gasteiger partial charge in [-0.15, -0.1) is 0 Å². The first-order valence-electron chi connectivity index (χ1n) is 9.20. The van der Waals surface area contributed by atoms with Crippen LogP contribution in [0.15, 0.2) is 52.9 Å². The summed E-state index contributed by atoms with van der Waals surface area (Å²) in [6.07, 6.45) is 0. The predicted octanol–water partition coefficient (Wildman–Crippen LogP) is 4.87. The lowest BCUT2D eigenvalue weighted by Crippen LogP contribution is -2.14. The molecule has 0 spiro atoms. The van der Waals surface area contributed by atoms with Crippen LogP contribution in [0.1, 0.15) is 10.4 Å². The van der Waals surface area contributed by atoms with E-state index in [1.54, 1.807) is 25.3 Å². The van der Waals surface area contributed by atoms with Crippen molar-refractivity contribution in [3.63, 3.8) is 0 Å². The molecule has 0 unspecified atom stereocenters. The van der Waals surface area contributed by atoms with Gasteiger partial charge in [0.2, 0.25) is 0 Å². The smallest absolute Gasteiger partial charge is 0.259 e. The zero-order valence-electron chi connectivity index (χ0n) is 17.1. The first kappa shape index (κ1) is 19.4. The monoisotopic (exact) mass is 407 g/mol. The van der Waals surface area contributed by atoms with Crippen LogP contribution in [-0.4, -0.2) is 34.3 Å². The van der Waals surface area contributed by atoms with Gasteiger partial charge in [0.25, 0.3) is 5.91 Å². The number of para-hydroxylation sites is 1. The Labute approximate surface area is 173 Å². The molecule has 0 fully saturated rings. The number of amides is 1. The second kappa shape index (κ2) is 7.87. The average Bonchev–Trinajstić information content (AvgIpc) is 3.14. The largest absolute Gasteiger partial charge is 0.496 e. The standard InChI is InChI=1S/C23H21NO6/c1-26-18-12-22(29-4)21(28-3)10-15(18)23(25)24-16-11-19-14(9-20(16)27-2)13-7-5-6-8-17(13)30-19/h5-12H,1-4H3,(H,24,25). The van der Waals surface area contributed by atoms with Crippen LogP contribution in [-0.2, 0) is 0 Å². The molecule has 1 heterocycles. The third-order valence-corrected chi connectivity index (χ3v) is 4.90. The minimum Gasteiger partial charge on any atom is -0.496 e. The number of carbonyl (C=O) groups is 1. The van der Waals surface area contributed by atoms with Gasteiger partial charge in [-0.2, -0.15) is 0 Å². The molecule has 1 aromatic heterocycles. The molecule has 7 nitrogen and oxygen atoms in total. The third kappa shape index (κ3) is 3.24. The van der Waals surface area contributed by atoms with Crippen molar-refractivity contribution in [2.45, 2.75) is 0 Å². The first-order chi connectivity index (χ1) is 14.6. The maximum atomic E-state index is 13.1. The molecule has 4 aromatic rings. The fourth-order valence-corrected chi connectivity index (χ4v) is 3.41. The van der Waals surface area contributed by atoms with Crippen molar-refractivity contribution >= 4 is 33.5 Å². The summed E-state index contributed by atoms with van der Waals surface area (Å²) in [4.78, 5) is 13.1. The van der Waals surface area contributed by atoms with Gasteiger partial charge in [-0.25, -0.2) is 0 Å². The number of benzene rings is 3. The fourth-order valence-electron chi connectivity index (χ4n) is 3.41. The van der Waals surface area contributed by atoms with Crippen LogP contribution in [0.25, 0.3) is 21.9 Å². The van der Waals surface area contributed by atoms with Crippen molar-refractivity contribution in [1.29, 1.82) is 0 Å². The molecule has 154 valence electrons. The van der Waals surface area contributed by atoms with Crippen molar-refractivity contribution in [2.75, 3.05) is 33.8 Å². The lowest BCUT2D eigenvalue weighted by molar-refractivity contribution is 0.102. The molecule has 1 N–H and O–H groups in total. The molecule has 0 atom stereocenters.